The fourth-order valence-corrected chi connectivity index (χ4v) is 7.10. The van der Waals surface area contributed by atoms with E-state index >= 15 is 0 Å². The molecule has 9 heteroatoms. The summed E-state index contributed by atoms with van der Waals surface area (Å²) < 4.78 is 21.9. The van der Waals surface area contributed by atoms with E-state index in [4.69, 9.17) is 14.2 Å². The monoisotopic (exact) mass is 525 g/mol. The van der Waals surface area contributed by atoms with Crippen molar-refractivity contribution in [1.29, 1.82) is 0 Å². The maximum Gasteiger partial charge on any atom is 0.343 e. The number of para-hydroxylation sites is 1. The zero-order valence-corrected chi connectivity index (χ0v) is 21.7. The van der Waals surface area contributed by atoms with Crippen molar-refractivity contribution >= 4 is 60.4 Å². The van der Waals surface area contributed by atoms with Crippen molar-refractivity contribution in [3.63, 3.8) is 0 Å². The van der Waals surface area contributed by atoms with E-state index in [-0.39, 0.29) is 12.3 Å². The Morgan fingerprint density at radius 2 is 1.92 bits per heavy atom. The fourth-order valence-electron chi connectivity index (χ4n) is 7.10. The van der Waals surface area contributed by atoms with Crippen LogP contribution in [0.25, 0.3) is 54.4 Å². The van der Waals surface area contributed by atoms with Crippen LogP contribution in [0.1, 0.15) is 32.9 Å². The van der Waals surface area contributed by atoms with E-state index in [1.807, 2.05) is 53.2 Å². The number of ether oxygens (including phenoxy) is 3. The lowest BCUT2D eigenvalue weighted by molar-refractivity contribution is -0.202. The minimum Gasteiger partial charge on any atom is -0.494 e. The Morgan fingerprint density at radius 1 is 1.10 bits per heavy atom. The summed E-state index contributed by atoms with van der Waals surface area (Å²) in [5.74, 6) is 0.0630. The van der Waals surface area contributed by atoms with Gasteiger partial charge in [-0.25, -0.2) is 4.79 Å². The van der Waals surface area contributed by atoms with Gasteiger partial charge in [-0.05, 0) is 37.6 Å². The molecule has 8 rings (SSSR count). The number of fused-ring (bicyclic) bond motifs is 13. The number of H-pyrrole nitrogens is 1. The van der Waals surface area contributed by atoms with E-state index < -0.39 is 23.5 Å². The predicted molar refractivity (Wildman–Crippen MR) is 147 cm³/mol. The van der Waals surface area contributed by atoms with Gasteiger partial charge >= 0.3 is 5.97 Å². The number of aromatic nitrogens is 3. The van der Waals surface area contributed by atoms with Crippen molar-refractivity contribution < 1.29 is 29.2 Å². The van der Waals surface area contributed by atoms with Crippen LogP contribution in [-0.2, 0) is 20.0 Å². The summed E-state index contributed by atoms with van der Waals surface area (Å²) in [6, 6.07) is 13.8. The van der Waals surface area contributed by atoms with Gasteiger partial charge in [-0.1, -0.05) is 25.1 Å². The van der Waals surface area contributed by atoms with Gasteiger partial charge in [0.15, 0.2) is 11.6 Å². The summed E-state index contributed by atoms with van der Waals surface area (Å²) in [4.78, 5) is 16.3. The van der Waals surface area contributed by atoms with Crippen LogP contribution in [0.15, 0.2) is 48.7 Å². The Morgan fingerprint density at radius 3 is 2.72 bits per heavy atom. The van der Waals surface area contributed by atoms with Crippen molar-refractivity contribution in [3.8, 4) is 11.6 Å². The quantitative estimate of drug-likeness (QED) is 0.266. The molecule has 0 amide bonds. The topological polar surface area (TPSA) is 111 Å². The molecule has 0 spiro atoms. The number of aromatic amines is 1. The van der Waals surface area contributed by atoms with Gasteiger partial charge < -0.3 is 38.5 Å². The molecular formula is C30H27N3O6. The Labute approximate surface area is 222 Å². The van der Waals surface area contributed by atoms with Crippen LogP contribution in [0, 0.1) is 0 Å². The molecule has 5 heterocycles. The van der Waals surface area contributed by atoms with Gasteiger partial charge in [0.05, 0.1) is 41.2 Å². The molecule has 3 atom stereocenters. The molecule has 3 aromatic heterocycles. The largest absolute Gasteiger partial charge is 0.494 e. The van der Waals surface area contributed by atoms with Gasteiger partial charge in [-0.3, -0.25) is 0 Å². The second-order valence-corrected chi connectivity index (χ2v) is 10.7. The van der Waals surface area contributed by atoms with Gasteiger partial charge in [-0.15, -0.1) is 0 Å². The average Bonchev–Trinajstić information content (AvgIpc) is 3.63. The molecule has 1 saturated heterocycles. The number of aliphatic hydroxyl groups is 1. The Balaban J connectivity index is 1.67. The minimum atomic E-state index is -1.96. The maximum atomic E-state index is 13.3. The number of methoxy groups -OCH3 is 1. The predicted octanol–water partition coefficient (Wildman–Crippen LogP) is 5.39. The zero-order valence-electron chi connectivity index (χ0n) is 21.7. The molecule has 2 aliphatic heterocycles. The van der Waals surface area contributed by atoms with E-state index in [2.05, 4.69) is 16.5 Å². The first-order valence-electron chi connectivity index (χ1n) is 13.2. The first-order chi connectivity index (χ1) is 18.8. The lowest BCUT2D eigenvalue weighted by atomic mass is 9.89. The summed E-state index contributed by atoms with van der Waals surface area (Å²) in [6.07, 6.45) is 2.01. The van der Waals surface area contributed by atoms with Crippen LogP contribution in [0.5, 0.6) is 11.6 Å². The smallest absolute Gasteiger partial charge is 0.343 e. The standard InChI is InChI=1S/C30H27N3O6/c1-4-11-38-15-9-10-19-17(12-15)23-24-18(14-31-27(24)34)22-16-7-5-6-8-20(16)33-26(22)25(23)32(19)21-13-30(36,28(35)37-3)29(33,2)39-21/h5-10,12,14,21,31,34,36H,4,11,13H2,1-3H3/t21-,29+,30+/m1/s1. The summed E-state index contributed by atoms with van der Waals surface area (Å²) in [5.41, 5.74) is -0.0905. The van der Waals surface area contributed by atoms with E-state index in [9.17, 15) is 15.0 Å². The lowest BCUT2D eigenvalue weighted by Crippen LogP contribution is -2.56. The number of nitrogens with zero attached hydrogens (tertiary/aromatic N) is 2. The number of carbonyl (C=O) groups excluding carboxylic acids is 1. The number of carbonyl (C=O) groups is 1. The highest BCUT2D eigenvalue weighted by Crippen LogP contribution is 2.58. The van der Waals surface area contributed by atoms with E-state index in [1.165, 1.54) is 7.11 Å². The lowest BCUT2D eigenvalue weighted by Gasteiger charge is -2.37. The van der Waals surface area contributed by atoms with E-state index in [0.717, 1.165) is 61.2 Å². The summed E-state index contributed by atoms with van der Waals surface area (Å²) >= 11 is 0. The van der Waals surface area contributed by atoms with Crippen LogP contribution in [0.4, 0.5) is 0 Å². The van der Waals surface area contributed by atoms with Crippen molar-refractivity contribution in [2.24, 2.45) is 0 Å². The number of aromatic hydroxyl groups is 1. The van der Waals surface area contributed by atoms with Gasteiger partial charge in [0, 0.05) is 39.5 Å². The number of esters is 1. The SMILES string of the molecule is CCCOc1ccc2c(c1)c1c3c(O)[nH]cc3c3c4ccccc4n4c3c1n2[C@H]1C[C@](O)(C(=O)OC)[C@]4(C)O1. The minimum absolute atomic E-state index is 0.00621. The summed E-state index contributed by atoms with van der Waals surface area (Å²) in [6.45, 7) is 4.40. The van der Waals surface area contributed by atoms with E-state index in [0.29, 0.717) is 12.0 Å². The van der Waals surface area contributed by atoms with Crippen molar-refractivity contribution in [2.75, 3.05) is 13.7 Å². The molecule has 0 radical (unpaired) electrons. The Kier molecular flexibility index (Phi) is 4.23. The highest BCUT2D eigenvalue weighted by molar-refractivity contribution is 6.37. The Hall–Kier alpha value is -4.21. The first kappa shape index (κ1) is 22.7. The molecule has 2 aliphatic rings. The number of rotatable bonds is 4. The maximum absolute atomic E-state index is 13.3. The van der Waals surface area contributed by atoms with Gasteiger partial charge in [-0.2, -0.15) is 0 Å². The van der Waals surface area contributed by atoms with Crippen LogP contribution in [-0.4, -0.2) is 49.6 Å². The molecule has 3 aromatic carbocycles. The second kappa shape index (κ2) is 7.25. The molecule has 198 valence electrons. The molecule has 0 saturated carbocycles. The van der Waals surface area contributed by atoms with Gasteiger partial charge in [0.1, 0.15) is 12.0 Å². The van der Waals surface area contributed by atoms with Gasteiger partial charge in [0.2, 0.25) is 5.60 Å². The highest BCUT2D eigenvalue weighted by atomic mass is 16.6. The molecule has 2 bridgehead atoms. The third-order valence-electron chi connectivity index (χ3n) is 8.77. The van der Waals surface area contributed by atoms with Gasteiger partial charge in [0.25, 0.3) is 0 Å². The highest BCUT2D eigenvalue weighted by Gasteiger charge is 2.65. The number of hydrogen-bond acceptors (Lipinski definition) is 6. The third-order valence-corrected chi connectivity index (χ3v) is 8.77. The number of nitrogens with one attached hydrogen (secondary N) is 1. The normalized spacial score (nSPS) is 24.1. The molecule has 6 aromatic rings. The van der Waals surface area contributed by atoms with Crippen LogP contribution >= 0.6 is 0 Å². The number of benzene rings is 3. The molecule has 39 heavy (non-hydrogen) atoms. The van der Waals surface area contributed by atoms with Crippen LogP contribution in [0.3, 0.4) is 0 Å². The van der Waals surface area contributed by atoms with Crippen molar-refractivity contribution in [1.82, 2.24) is 14.1 Å². The van der Waals surface area contributed by atoms with Crippen LogP contribution < -0.4 is 4.74 Å². The van der Waals surface area contributed by atoms with Crippen LogP contribution in [0.2, 0.25) is 0 Å². The zero-order chi connectivity index (χ0) is 26.8. The third kappa shape index (κ3) is 2.46. The molecule has 9 nitrogen and oxygen atoms in total. The molecule has 1 fully saturated rings. The molecule has 0 unspecified atom stereocenters. The number of hydrogen-bond donors (Lipinski definition) is 3. The molecular weight excluding hydrogens is 498 g/mol. The second-order valence-electron chi connectivity index (χ2n) is 10.7. The summed E-state index contributed by atoms with van der Waals surface area (Å²) in [5, 5.41) is 28.4. The average molecular weight is 526 g/mol. The molecule has 0 aliphatic carbocycles. The van der Waals surface area contributed by atoms with E-state index in [1.54, 1.807) is 6.92 Å². The first-order valence-corrected chi connectivity index (χ1v) is 13.2. The van der Waals surface area contributed by atoms with Crippen molar-refractivity contribution in [3.05, 3.63) is 48.7 Å². The fraction of sp³-hybridized carbons (Fsp3) is 0.300. The Bertz CT molecular complexity index is 2030. The molecule has 3 N–H and O–H groups in total. The van der Waals surface area contributed by atoms with Crippen molar-refractivity contribution in [2.45, 2.75) is 44.2 Å². The summed E-state index contributed by atoms with van der Waals surface area (Å²) in [7, 11) is 1.28.